The predicted octanol–water partition coefficient (Wildman–Crippen LogP) is 2.81. The Bertz CT molecular complexity index is 379. The second-order valence-corrected chi connectivity index (χ2v) is 4.13. The van der Waals surface area contributed by atoms with Crippen molar-refractivity contribution in [1.82, 2.24) is 0 Å². The van der Waals surface area contributed by atoms with Crippen LogP contribution in [-0.4, -0.2) is 17.7 Å². The van der Waals surface area contributed by atoms with Crippen molar-refractivity contribution >= 4 is 30.4 Å². The molecule has 0 spiro atoms. The van der Waals surface area contributed by atoms with E-state index in [9.17, 15) is 4.79 Å². The van der Waals surface area contributed by atoms with E-state index < -0.39 is 0 Å². The largest absolute Gasteiger partial charge is 0.496 e. The lowest BCUT2D eigenvalue weighted by Crippen LogP contribution is -2.07. The van der Waals surface area contributed by atoms with Crippen molar-refractivity contribution in [1.29, 1.82) is 0 Å². The molecule has 88 valence electrons. The highest BCUT2D eigenvalue weighted by Gasteiger charge is 2.11. The number of hydrogen-bond acceptors (Lipinski definition) is 4. The molecule has 0 amide bonds. The number of hydrogen-bond donors (Lipinski definition) is 2. The summed E-state index contributed by atoms with van der Waals surface area (Å²) in [5, 5.41) is -0.332. The minimum atomic E-state index is -0.332. The van der Waals surface area contributed by atoms with Crippen molar-refractivity contribution in [3.05, 3.63) is 23.8 Å². The molecule has 16 heavy (non-hydrogen) atoms. The van der Waals surface area contributed by atoms with E-state index in [1.54, 1.807) is 18.2 Å². The summed E-state index contributed by atoms with van der Waals surface area (Å²) >= 11 is 7.99. The normalized spacial score (nSPS) is 12.0. The van der Waals surface area contributed by atoms with Gasteiger partial charge in [-0.1, -0.05) is 6.92 Å². The monoisotopic (exact) mass is 258 g/mol. The summed E-state index contributed by atoms with van der Waals surface area (Å²) < 4.78 is 10.6. The van der Waals surface area contributed by atoms with Gasteiger partial charge in [-0.25, -0.2) is 0 Å². The minimum absolute atomic E-state index is 0.165. The van der Waals surface area contributed by atoms with Crippen molar-refractivity contribution in [2.24, 2.45) is 0 Å². The third-order valence-corrected chi connectivity index (χ3v) is 2.74. The second-order valence-electron chi connectivity index (χ2n) is 3.15. The molecule has 1 unspecified atom stereocenters. The van der Waals surface area contributed by atoms with Crippen molar-refractivity contribution in [3.8, 4) is 11.5 Å². The smallest absolute Gasteiger partial charge is 0.220 e. The Hall–Kier alpha value is -0.810. The van der Waals surface area contributed by atoms with Gasteiger partial charge in [-0.05, 0) is 18.6 Å². The van der Waals surface area contributed by atoms with Crippen molar-refractivity contribution in [2.75, 3.05) is 7.11 Å². The number of carbonyl (C=O) groups is 1. The fourth-order valence-electron chi connectivity index (χ4n) is 1.16. The summed E-state index contributed by atoms with van der Waals surface area (Å²) in [5.41, 5.74) is 0.257. The molecule has 0 aromatic heterocycles. The predicted molar refractivity (Wildman–Crippen MR) is 70.0 cm³/mol. The SMILES string of the molecule is CCC(S)Oc1ccc(C(=O)S)c(OC)c1. The number of methoxy groups -OCH3 is 1. The zero-order chi connectivity index (χ0) is 12.1. The standard InChI is InChI=1S/C11H14O3S2/c1-3-10(15)14-7-4-5-8(11(12)16)9(6-7)13-2/h4-6,10,15H,3H2,1-2H3,(H,12,16). The Balaban J connectivity index is 2.95. The van der Waals surface area contributed by atoms with Crippen LogP contribution < -0.4 is 9.47 Å². The first-order valence-corrected chi connectivity index (χ1v) is 5.81. The average Bonchev–Trinajstić information content (AvgIpc) is 2.28. The van der Waals surface area contributed by atoms with E-state index in [0.717, 1.165) is 6.42 Å². The van der Waals surface area contributed by atoms with Crippen LogP contribution in [0.15, 0.2) is 18.2 Å². The molecule has 0 radical (unpaired) electrons. The molecular formula is C11H14O3S2. The maximum absolute atomic E-state index is 11.1. The number of ether oxygens (including phenoxy) is 2. The van der Waals surface area contributed by atoms with Crippen LogP contribution in [0.1, 0.15) is 23.7 Å². The third-order valence-electron chi connectivity index (χ3n) is 2.02. The molecule has 0 aliphatic heterocycles. The van der Waals surface area contributed by atoms with Gasteiger partial charge < -0.3 is 9.47 Å². The van der Waals surface area contributed by atoms with Gasteiger partial charge in [0.25, 0.3) is 0 Å². The Kier molecular flexibility index (Phi) is 5.02. The molecule has 0 saturated carbocycles. The van der Waals surface area contributed by atoms with E-state index in [2.05, 4.69) is 25.3 Å². The van der Waals surface area contributed by atoms with Gasteiger partial charge in [0.05, 0.1) is 12.7 Å². The van der Waals surface area contributed by atoms with E-state index in [0.29, 0.717) is 17.1 Å². The molecule has 5 heteroatoms. The van der Waals surface area contributed by atoms with Gasteiger partial charge in [0, 0.05) is 6.07 Å². The topological polar surface area (TPSA) is 35.5 Å². The first kappa shape index (κ1) is 13.3. The zero-order valence-electron chi connectivity index (χ0n) is 9.14. The molecule has 0 saturated heterocycles. The zero-order valence-corrected chi connectivity index (χ0v) is 10.9. The highest BCUT2D eigenvalue weighted by Crippen LogP contribution is 2.27. The second kappa shape index (κ2) is 6.06. The number of thiol groups is 2. The molecule has 0 N–H and O–H groups in total. The lowest BCUT2D eigenvalue weighted by atomic mass is 10.2. The molecule has 1 aromatic rings. The third kappa shape index (κ3) is 3.35. The molecule has 0 bridgehead atoms. The fraction of sp³-hybridized carbons (Fsp3) is 0.364. The van der Waals surface area contributed by atoms with Gasteiger partial charge in [0.1, 0.15) is 16.9 Å². The molecule has 0 fully saturated rings. The van der Waals surface area contributed by atoms with Crippen molar-refractivity contribution in [2.45, 2.75) is 18.8 Å². The van der Waals surface area contributed by atoms with E-state index in [1.165, 1.54) is 7.11 Å². The quantitative estimate of drug-likeness (QED) is 0.630. The van der Waals surface area contributed by atoms with Crippen molar-refractivity contribution < 1.29 is 14.3 Å². The first-order chi connectivity index (χ1) is 7.58. The lowest BCUT2D eigenvalue weighted by Gasteiger charge is -2.13. The molecule has 0 aliphatic rings. The van der Waals surface area contributed by atoms with Crippen LogP contribution in [0, 0.1) is 0 Å². The van der Waals surface area contributed by atoms with Gasteiger partial charge >= 0.3 is 0 Å². The summed E-state index contributed by atoms with van der Waals surface area (Å²) in [6.45, 7) is 1.97. The average molecular weight is 258 g/mol. The van der Waals surface area contributed by atoms with Crippen molar-refractivity contribution in [3.63, 3.8) is 0 Å². The van der Waals surface area contributed by atoms with Crippen LogP contribution in [0.4, 0.5) is 0 Å². The van der Waals surface area contributed by atoms with Crippen LogP contribution in [0.2, 0.25) is 0 Å². The molecule has 1 aromatic carbocycles. The maximum atomic E-state index is 11.1. The number of benzene rings is 1. The fourth-order valence-corrected chi connectivity index (χ4v) is 1.47. The number of rotatable bonds is 5. The Morgan fingerprint density at radius 1 is 1.50 bits per heavy atom. The summed E-state index contributed by atoms with van der Waals surface area (Å²) in [6, 6.07) is 4.98. The van der Waals surface area contributed by atoms with Gasteiger partial charge in [0.2, 0.25) is 5.12 Å². The molecular weight excluding hydrogens is 244 g/mol. The number of carbonyl (C=O) groups excluding carboxylic acids is 1. The van der Waals surface area contributed by atoms with Crippen LogP contribution in [0.3, 0.4) is 0 Å². The molecule has 1 atom stereocenters. The molecule has 0 heterocycles. The summed E-state index contributed by atoms with van der Waals surface area (Å²) in [5.74, 6) is 1.08. The minimum Gasteiger partial charge on any atom is -0.496 e. The highest BCUT2D eigenvalue weighted by molar-refractivity contribution is 7.97. The summed E-state index contributed by atoms with van der Waals surface area (Å²) in [4.78, 5) is 11.1. The Morgan fingerprint density at radius 3 is 2.69 bits per heavy atom. The first-order valence-electron chi connectivity index (χ1n) is 4.84. The summed E-state index contributed by atoms with van der Waals surface area (Å²) in [6.07, 6.45) is 0.790. The molecule has 1 rings (SSSR count). The molecule has 3 nitrogen and oxygen atoms in total. The van der Waals surface area contributed by atoms with Gasteiger partial charge in [-0.3, -0.25) is 4.79 Å². The van der Waals surface area contributed by atoms with Crippen LogP contribution in [0.5, 0.6) is 11.5 Å². The maximum Gasteiger partial charge on any atom is 0.220 e. The van der Waals surface area contributed by atoms with E-state index >= 15 is 0 Å². The van der Waals surface area contributed by atoms with Crippen LogP contribution in [0.25, 0.3) is 0 Å². The highest BCUT2D eigenvalue weighted by atomic mass is 32.1. The molecule has 0 aliphatic carbocycles. The van der Waals surface area contributed by atoms with Crippen LogP contribution >= 0.6 is 25.3 Å². The lowest BCUT2D eigenvalue weighted by molar-refractivity contribution is 0.108. The van der Waals surface area contributed by atoms with Crippen LogP contribution in [-0.2, 0) is 0 Å². The van der Waals surface area contributed by atoms with Gasteiger partial charge in [-0.2, -0.15) is 0 Å². The van der Waals surface area contributed by atoms with E-state index in [4.69, 9.17) is 9.47 Å². The summed E-state index contributed by atoms with van der Waals surface area (Å²) in [7, 11) is 1.50. The van der Waals surface area contributed by atoms with E-state index in [1.807, 2.05) is 6.92 Å². The van der Waals surface area contributed by atoms with Gasteiger partial charge in [0.15, 0.2) is 0 Å². The Morgan fingerprint density at radius 2 is 2.19 bits per heavy atom. The van der Waals surface area contributed by atoms with Gasteiger partial charge in [-0.15, -0.1) is 25.3 Å². The van der Waals surface area contributed by atoms with E-state index in [-0.39, 0.29) is 10.6 Å². The Labute approximate surface area is 106 Å².